The van der Waals surface area contributed by atoms with Crippen LogP contribution in [0.15, 0.2) is 12.1 Å². The number of hydrogen-bond acceptors (Lipinski definition) is 2. The average Bonchev–Trinajstić information content (AvgIpc) is 2.26. The highest BCUT2D eigenvalue weighted by Gasteiger charge is 2.21. The largest absolute Gasteiger partial charge is 0.489 e. The number of rotatable bonds is 3. The minimum atomic E-state index is 0.377. The number of benzene rings is 1. The quantitative estimate of drug-likeness (QED) is 0.825. The van der Waals surface area contributed by atoms with Crippen LogP contribution in [0.4, 0.5) is 5.69 Å². The van der Waals surface area contributed by atoms with Crippen molar-refractivity contribution in [3.63, 3.8) is 0 Å². The van der Waals surface area contributed by atoms with Gasteiger partial charge in [-0.1, -0.05) is 11.6 Å². The average molecular weight is 266 g/mol. The molecule has 1 aromatic rings. The number of nitrogens with one attached hydrogen (secondary N) is 1. The van der Waals surface area contributed by atoms with Crippen LogP contribution < -0.4 is 10.1 Å². The second kappa shape index (κ2) is 7.18. The minimum Gasteiger partial charge on any atom is -0.489 e. The van der Waals surface area contributed by atoms with E-state index in [2.05, 4.69) is 23.7 Å². The fourth-order valence-electron chi connectivity index (χ4n) is 1.68. The van der Waals surface area contributed by atoms with Gasteiger partial charge in [-0.2, -0.15) is 0 Å². The Morgan fingerprint density at radius 1 is 1.44 bits per heavy atom. The Balaban J connectivity index is 0.000000492. The highest BCUT2D eigenvalue weighted by Crippen LogP contribution is 2.35. The predicted molar refractivity (Wildman–Crippen MR) is 78.5 cm³/mol. The van der Waals surface area contributed by atoms with Gasteiger partial charge in [0.05, 0.1) is 11.1 Å². The number of ether oxygens (including phenoxy) is 1. The van der Waals surface area contributed by atoms with Crippen molar-refractivity contribution in [3.05, 3.63) is 22.7 Å². The summed E-state index contributed by atoms with van der Waals surface area (Å²) in [5, 5.41) is 3.78. The van der Waals surface area contributed by atoms with Gasteiger partial charge in [0.15, 0.2) is 0 Å². The molecule has 0 aliphatic heterocycles. The Bertz CT molecular complexity index is 410. The molecule has 1 aromatic carbocycles. The Kier molecular flexibility index (Phi) is 5.88. The molecule has 0 spiro atoms. The van der Waals surface area contributed by atoms with E-state index in [0.29, 0.717) is 11.1 Å². The molecule has 1 N–H and O–H groups in total. The molecule has 1 aliphatic rings. The SMILES string of the molecule is C#CC.CNc1cc(C)c(OC2CCC2)c(Cl)c1. The fourth-order valence-corrected chi connectivity index (χ4v) is 1.99. The molecule has 98 valence electrons. The molecule has 18 heavy (non-hydrogen) atoms. The highest BCUT2D eigenvalue weighted by molar-refractivity contribution is 6.32. The zero-order valence-corrected chi connectivity index (χ0v) is 12.0. The molecule has 1 saturated carbocycles. The monoisotopic (exact) mass is 265 g/mol. The van der Waals surface area contributed by atoms with Crippen LogP contribution in [-0.2, 0) is 0 Å². The van der Waals surface area contributed by atoms with Crippen LogP contribution in [0.3, 0.4) is 0 Å². The van der Waals surface area contributed by atoms with Crippen LogP contribution in [0, 0.1) is 19.3 Å². The minimum absolute atomic E-state index is 0.377. The smallest absolute Gasteiger partial charge is 0.141 e. The van der Waals surface area contributed by atoms with Gasteiger partial charge in [-0.3, -0.25) is 0 Å². The Hall–Kier alpha value is -1.33. The second-order valence-electron chi connectivity index (χ2n) is 4.31. The third-order valence-corrected chi connectivity index (χ3v) is 3.14. The van der Waals surface area contributed by atoms with Gasteiger partial charge in [0, 0.05) is 12.7 Å². The van der Waals surface area contributed by atoms with E-state index in [9.17, 15) is 0 Å². The lowest BCUT2D eigenvalue weighted by Gasteiger charge is -2.27. The first kappa shape index (κ1) is 14.7. The standard InChI is InChI=1S/C12H16ClNO.C3H4/c1-8-6-9(14-2)7-11(13)12(8)15-10-4-3-5-10;1-3-2/h6-7,10,14H,3-5H2,1-2H3;1H,2H3. The molecule has 0 atom stereocenters. The molecule has 1 aliphatic carbocycles. The second-order valence-corrected chi connectivity index (χ2v) is 4.72. The summed E-state index contributed by atoms with van der Waals surface area (Å²) in [4.78, 5) is 0. The van der Waals surface area contributed by atoms with Gasteiger partial charge in [-0.25, -0.2) is 0 Å². The van der Waals surface area contributed by atoms with Crippen LogP contribution in [0.5, 0.6) is 5.75 Å². The van der Waals surface area contributed by atoms with E-state index in [1.165, 1.54) is 6.42 Å². The van der Waals surface area contributed by atoms with Crippen LogP contribution in [0.1, 0.15) is 31.7 Å². The zero-order valence-electron chi connectivity index (χ0n) is 11.2. The molecule has 0 bridgehead atoms. The Morgan fingerprint density at radius 3 is 2.44 bits per heavy atom. The predicted octanol–water partition coefficient (Wildman–Crippen LogP) is 4.26. The van der Waals surface area contributed by atoms with Crippen molar-refractivity contribution >= 4 is 17.3 Å². The molecule has 0 saturated heterocycles. The van der Waals surface area contributed by atoms with Crippen molar-refractivity contribution in [2.24, 2.45) is 0 Å². The molecule has 0 unspecified atom stereocenters. The zero-order chi connectivity index (χ0) is 13.5. The summed E-state index contributed by atoms with van der Waals surface area (Å²) in [6.45, 7) is 3.68. The third kappa shape index (κ3) is 3.85. The highest BCUT2D eigenvalue weighted by atomic mass is 35.5. The van der Waals surface area contributed by atoms with Crippen molar-refractivity contribution in [1.29, 1.82) is 0 Å². The van der Waals surface area contributed by atoms with Gasteiger partial charge in [-0.15, -0.1) is 12.3 Å². The van der Waals surface area contributed by atoms with Gasteiger partial charge in [0.1, 0.15) is 5.75 Å². The van der Waals surface area contributed by atoms with Gasteiger partial charge in [0.2, 0.25) is 0 Å². The number of anilines is 1. The topological polar surface area (TPSA) is 21.3 Å². The first-order valence-electron chi connectivity index (χ1n) is 6.14. The normalized spacial score (nSPS) is 13.7. The van der Waals surface area contributed by atoms with Crippen LogP contribution in [-0.4, -0.2) is 13.2 Å². The third-order valence-electron chi connectivity index (χ3n) is 2.85. The van der Waals surface area contributed by atoms with E-state index < -0.39 is 0 Å². The van der Waals surface area contributed by atoms with E-state index in [1.54, 1.807) is 6.92 Å². The number of hydrogen-bond donors (Lipinski definition) is 1. The lowest BCUT2D eigenvalue weighted by Crippen LogP contribution is -2.25. The van der Waals surface area contributed by atoms with Crippen molar-refractivity contribution in [1.82, 2.24) is 0 Å². The van der Waals surface area contributed by atoms with E-state index in [-0.39, 0.29) is 0 Å². The molecule has 1 fully saturated rings. The van der Waals surface area contributed by atoms with Crippen molar-refractivity contribution < 1.29 is 4.74 Å². The van der Waals surface area contributed by atoms with Crippen LogP contribution in [0.2, 0.25) is 5.02 Å². The van der Waals surface area contributed by atoms with Crippen molar-refractivity contribution in [2.75, 3.05) is 12.4 Å². The Labute approximate surface area is 115 Å². The summed E-state index contributed by atoms with van der Waals surface area (Å²) >= 11 is 6.17. The summed E-state index contributed by atoms with van der Waals surface area (Å²) in [7, 11) is 1.89. The first-order chi connectivity index (χ1) is 8.62. The molecule has 0 aromatic heterocycles. The lowest BCUT2D eigenvalue weighted by molar-refractivity contribution is 0.119. The van der Waals surface area contributed by atoms with Gasteiger partial charge in [-0.05, 0) is 50.8 Å². The fraction of sp³-hybridized carbons (Fsp3) is 0.467. The number of aryl methyl sites for hydroxylation is 1. The maximum Gasteiger partial charge on any atom is 0.141 e. The summed E-state index contributed by atoms with van der Waals surface area (Å²) in [6.07, 6.45) is 8.56. The molecule has 2 nitrogen and oxygen atoms in total. The Morgan fingerprint density at radius 2 is 2.06 bits per heavy atom. The molecule has 0 amide bonds. The van der Waals surface area contributed by atoms with E-state index in [4.69, 9.17) is 16.3 Å². The van der Waals surface area contributed by atoms with Crippen molar-refractivity contribution in [3.8, 4) is 18.1 Å². The molecular formula is C15H20ClNO. The summed E-state index contributed by atoms with van der Waals surface area (Å²) in [5.74, 6) is 3.10. The number of halogens is 1. The molecule has 3 heteroatoms. The van der Waals surface area contributed by atoms with Crippen LogP contribution >= 0.6 is 11.6 Å². The summed E-state index contributed by atoms with van der Waals surface area (Å²) < 4.78 is 5.85. The van der Waals surface area contributed by atoms with Crippen LogP contribution in [0.25, 0.3) is 0 Å². The van der Waals surface area contributed by atoms with Gasteiger partial charge in [0.25, 0.3) is 0 Å². The molecular weight excluding hydrogens is 246 g/mol. The maximum absolute atomic E-state index is 6.17. The molecule has 0 heterocycles. The molecule has 0 radical (unpaired) electrons. The van der Waals surface area contributed by atoms with E-state index in [1.807, 2.05) is 20.0 Å². The van der Waals surface area contributed by atoms with Crippen molar-refractivity contribution in [2.45, 2.75) is 39.2 Å². The lowest BCUT2D eigenvalue weighted by atomic mass is 9.96. The molecule has 2 rings (SSSR count). The van der Waals surface area contributed by atoms with E-state index in [0.717, 1.165) is 29.8 Å². The first-order valence-corrected chi connectivity index (χ1v) is 6.52. The van der Waals surface area contributed by atoms with Gasteiger partial charge >= 0.3 is 0 Å². The maximum atomic E-state index is 6.17. The number of terminal acetylenes is 1. The summed E-state index contributed by atoms with van der Waals surface area (Å²) in [5.41, 5.74) is 2.12. The van der Waals surface area contributed by atoms with Gasteiger partial charge < -0.3 is 10.1 Å². The van der Waals surface area contributed by atoms with E-state index >= 15 is 0 Å². The summed E-state index contributed by atoms with van der Waals surface area (Å²) in [6, 6.07) is 3.96.